The Morgan fingerprint density at radius 2 is 2.25 bits per heavy atom. The predicted octanol–water partition coefficient (Wildman–Crippen LogP) is 3.32. The van der Waals surface area contributed by atoms with E-state index in [9.17, 15) is 0 Å². The number of benzene rings is 1. The van der Waals surface area contributed by atoms with Crippen LogP contribution in [-0.2, 0) is 17.8 Å². The zero-order valence-electron chi connectivity index (χ0n) is 12.3. The molecule has 2 heterocycles. The second-order valence-corrected chi connectivity index (χ2v) is 5.67. The molecule has 3 heteroatoms. The Labute approximate surface area is 120 Å². The third-order valence-electron chi connectivity index (χ3n) is 4.19. The minimum Gasteiger partial charge on any atom is -0.378 e. The topological polar surface area (TPSA) is 26.2 Å². The van der Waals surface area contributed by atoms with E-state index in [0.717, 1.165) is 19.7 Å². The number of hydrogen-bond donors (Lipinski definition) is 1. The average Bonchev–Trinajstić information content (AvgIpc) is 3.09. The molecule has 0 radical (unpaired) electrons. The summed E-state index contributed by atoms with van der Waals surface area (Å²) >= 11 is 0. The molecule has 1 N–H and O–H groups in total. The summed E-state index contributed by atoms with van der Waals surface area (Å²) in [5.41, 5.74) is 2.74. The van der Waals surface area contributed by atoms with Crippen molar-refractivity contribution in [3.63, 3.8) is 0 Å². The monoisotopic (exact) mass is 272 g/mol. The fraction of sp³-hybridized carbons (Fsp3) is 0.529. The van der Waals surface area contributed by atoms with Gasteiger partial charge < -0.3 is 14.6 Å². The molecule has 1 aliphatic rings. The van der Waals surface area contributed by atoms with E-state index in [2.05, 4.69) is 40.3 Å². The highest BCUT2D eigenvalue weighted by Gasteiger charge is 2.15. The molecule has 1 aliphatic heterocycles. The lowest BCUT2D eigenvalue weighted by molar-refractivity contribution is 0.101. The van der Waals surface area contributed by atoms with Gasteiger partial charge in [-0.05, 0) is 44.4 Å². The molecule has 2 aromatic rings. The van der Waals surface area contributed by atoms with Crippen molar-refractivity contribution in [1.82, 2.24) is 9.88 Å². The molecule has 108 valence electrons. The van der Waals surface area contributed by atoms with Gasteiger partial charge in [0.05, 0.1) is 6.10 Å². The number of nitrogens with zero attached hydrogens (tertiary/aromatic N) is 1. The van der Waals surface area contributed by atoms with Gasteiger partial charge >= 0.3 is 0 Å². The molecule has 1 fully saturated rings. The second-order valence-electron chi connectivity index (χ2n) is 5.67. The Balaban J connectivity index is 1.70. The number of fused-ring (bicyclic) bond motifs is 1. The van der Waals surface area contributed by atoms with Gasteiger partial charge in [-0.3, -0.25) is 0 Å². The van der Waals surface area contributed by atoms with Crippen LogP contribution >= 0.6 is 0 Å². The van der Waals surface area contributed by atoms with Crippen LogP contribution in [0.4, 0.5) is 0 Å². The summed E-state index contributed by atoms with van der Waals surface area (Å²) < 4.78 is 8.10. The molecule has 0 bridgehead atoms. The standard InChI is InChI=1S/C17H24N2O/c1-18-12-14-13-19(17-9-3-2-8-16(14)17)10-4-6-15-7-5-11-20-15/h2-3,8-9,13,15,18H,4-7,10-12H2,1H3. The summed E-state index contributed by atoms with van der Waals surface area (Å²) in [6.07, 6.45) is 7.68. The van der Waals surface area contributed by atoms with E-state index < -0.39 is 0 Å². The molecular formula is C17H24N2O. The van der Waals surface area contributed by atoms with E-state index in [0.29, 0.717) is 6.10 Å². The van der Waals surface area contributed by atoms with E-state index in [1.165, 1.54) is 42.1 Å². The first-order valence-corrected chi connectivity index (χ1v) is 7.71. The van der Waals surface area contributed by atoms with Gasteiger partial charge in [0.25, 0.3) is 0 Å². The normalized spacial score (nSPS) is 18.9. The fourth-order valence-electron chi connectivity index (χ4n) is 3.20. The van der Waals surface area contributed by atoms with Crippen LogP contribution in [0, 0.1) is 0 Å². The highest BCUT2D eigenvalue weighted by atomic mass is 16.5. The van der Waals surface area contributed by atoms with Crippen LogP contribution in [0.25, 0.3) is 10.9 Å². The van der Waals surface area contributed by atoms with E-state index in [-0.39, 0.29) is 0 Å². The SMILES string of the molecule is CNCc1cn(CCCC2CCCO2)c2ccccc12. The molecule has 1 aromatic heterocycles. The average molecular weight is 272 g/mol. The van der Waals surface area contributed by atoms with Crippen molar-refractivity contribution in [3.05, 3.63) is 36.0 Å². The van der Waals surface area contributed by atoms with E-state index in [1.54, 1.807) is 0 Å². The summed E-state index contributed by atoms with van der Waals surface area (Å²) in [5.74, 6) is 0. The van der Waals surface area contributed by atoms with Gasteiger partial charge in [0.2, 0.25) is 0 Å². The van der Waals surface area contributed by atoms with Gasteiger partial charge in [-0.15, -0.1) is 0 Å². The van der Waals surface area contributed by atoms with E-state index >= 15 is 0 Å². The molecule has 0 spiro atoms. The van der Waals surface area contributed by atoms with Gasteiger partial charge in [0.15, 0.2) is 0 Å². The largest absolute Gasteiger partial charge is 0.378 e. The number of aromatic nitrogens is 1. The van der Waals surface area contributed by atoms with Crippen LogP contribution in [-0.4, -0.2) is 24.3 Å². The van der Waals surface area contributed by atoms with Gasteiger partial charge in [0, 0.05) is 36.8 Å². The van der Waals surface area contributed by atoms with Crippen LogP contribution < -0.4 is 5.32 Å². The van der Waals surface area contributed by atoms with Crippen molar-refractivity contribution in [3.8, 4) is 0 Å². The first-order valence-electron chi connectivity index (χ1n) is 7.71. The molecule has 0 saturated carbocycles. The van der Waals surface area contributed by atoms with E-state index in [4.69, 9.17) is 4.74 Å². The van der Waals surface area contributed by atoms with Crippen LogP contribution in [0.1, 0.15) is 31.2 Å². The van der Waals surface area contributed by atoms with Crippen LogP contribution in [0.15, 0.2) is 30.5 Å². The Bertz CT molecular complexity index is 555. The summed E-state index contributed by atoms with van der Waals surface area (Å²) in [7, 11) is 2.00. The molecule has 1 aromatic carbocycles. The quantitative estimate of drug-likeness (QED) is 0.873. The lowest BCUT2D eigenvalue weighted by Gasteiger charge is -2.10. The zero-order chi connectivity index (χ0) is 13.8. The smallest absolute Gasteiger partial charge is 0.0576 e. The highest BCUT2D eigenvalue weighted by molar-refractivity contribution is 5.83. The molecule has 0 aliphatic carbocycles. The predicted molar refractivity (Wildman–Crippen MR) is 82.9 cm³/mol. The maximum Gasteiger partial charge on any atom is 0.0576 e. The second kappa shape index (κ2) is 6.42. The lowest BCUT2D eigenvalue weighted by atomic mass is 10.1. The van der Waals surface area contributed by atoms with Crippen molar-refractivity contribution >= 4 is 10.9 Å². The third kappa shape index (κ3) is 2.89. The number of hydrogen-bond acceptors (Lipinski definition) is 2. The molecule has 1 unspecified atom stereocenters. The van der Waals surface area contributed by atoms with Crippen LogP contribution in [0.2, 0.25) is 0 Å². The van der Waals surface area contributed by atoms with Crippen molar-refractivity contribution in [1.29, 1.82) is 0 Å². The summed E-state index contributed by atoms with van der Waals surface area (Å²) in [6, 6.07) is 8.69. The van der Waals surface area contributed by atoms with Crippen LogP contribution in [0.3, 0.4) is 0 Å². The molecule has 0 amide bonds. The maximum absolute atomic E-state index is 5.70. The minimum atomic E-state index is 0.508. The van der Waals surface area contributed by atoms with Gasteiger partial charge in [-0.25, -0.2) is 0 Å². The van der Waals surface area contributed by atoms with Crippen LogP contribution in [0.5, 0.6) is 0 Å². The molecule has 3 rings (SSSR count). The first kappa shape index (κ1) is 13.7. The number of ether oxygens (including phenoxy) is 1. The Hall–Kier alpha value is -1.32. The molecule has 20 heavy (non-hydrogen) atoms. The number of para-hydroxylation sites is 1. The summed E-state index contributed by atoms with van der Waals surface area (Å²) in [6.45, 7) is 2.98. The van der Waals surface area contributed by atoms with Gasteiger partial charge in [-0.2, -0.15) is 0 Å². The van der Waals surface area contributed by atoms with Crippen molar-refractivity contribution in [2.75, 3.05) is 13.7 Å². The minimum absolute atomic E-state index is 0.508. The van der Waals surface area contributed by atoms with Gasteiger partial charge in [0.1, 0.15) is 0 Å². The van der Waals surface area contributed by atoms with Gasteiger partial charge in [-0.1, -0.05) is 18.2 Å². The van der Waals surface area contributed by atoms with Crippen molar-refractivity contribution in [2.24, 2.45) is 0 Å². The van der Waals surface area contributed by atoms with Crippen molar-refractivity contribution < 1.29 is 4.74 Å². The number of rotatable bonds is 6. The fourth-order valence-corrected chi connectivity index (χ4v) is 3.20. The summed E-state index contributed by atoms with van der Waals surface area (Å²) in [5, 5.41) is 4.63. The van der Waals surface area contributed by atoms with Crippen molar-refractivity contribution in [2.45, 2.75) is 44.9 Å². The highest BCUT2D eigenvalue weighted by Crippen LogP contribution is 2.23. The molecule has 1 atom stereocenters. The van der Waals surface area contributed by atoms with E-state index in [1.807, 2.05) is 7.05 Å². The Kier molecular flexibility index (Phi) is 4.38. The first-order chi connectivity index (χ1) is 9.88. The zero-order valence-corrected chi connectivity index (χ0v) is 12.3. The number of aryl methyl sites for hydroxylation is 1. The lowest BCUT2D eigenvalue weighted by Crippen LogP contribution is -2.07. The molecule has 1 saturated heterocycles. The Morgan fingerprint density at radius 1 is 1.35 bits per heavy atom. The molecule has 3 nitrogen and oxygen atoms in total. The number of nitrogens with one attached hydrogen (secondary N) is 1. The summed E-state index contributed by atoms with van der Waals surface area (Å²) in [4.78, 5) is 0. The maximum atomic E-state index is 5.70. The molecular weight excluding hydrogens is 248 g/mol. The Morgan fingerprint density at radius 3 is 3.05 bits per heavy atom. The third-order valence-corrected chi connectivity index (χ3v) is 4.19.